The molecule has 6 nitrogen and oxygen atoms in total. The molecule has 0 bridgehead atoms. The van der Waals surface area contributed by atoms with E-state index in [1.807, 2.05) is 64.4 Å². The minimum Gasteiger partial charge on any atom is -0.469 e. The van der Waals surface area contributed by atoms with Crippen LogP contribution < -0.4 is 0 Å². The second-order valence-electron chi connectivity index (χ2n) is 12.9. The van der Waals surface area contributed by atoms with E-state index in [9.17, 15) is 0 Å². The molecular weight excluding hydrogens is 544 g/mol. The van der Waals surface area contributed by atoms with Crippen molar-refractivity contribution in [2.45, 2.75) is 38.9 Å². The Morgan fingerprint density at radius 1 is 0.477 bits per heavy atom. The summed E-state index contributed by atoms with van der Waals surface area (Å²) in [7, 11) is 0. The van der Waals surface area contributed by atoms with Crippen molar-refractivity contribution >= 4 is 44.1 Å². The molecule has 0 fully saturated rings. The number of hydrogen-bond donors (Lipinski definition) is 0. The lowest BCUT2D eigenvalue weighted by atomic mass is 9.91. The molecule has 2 aliphatic rings. The quantitative estimate of drug-likeness (QED) is 0.198. The molecule has 8 rings (SSSR count). The fourth-order valence-electron chi connectivity index (χ4n) is 6.14. The predicted molar refractivity (Wildman–Crippen MR) is 179 cm³/mol. The SMILES string of the molecule is CC1(C)CN=C(c2ccc(-c3ccc4c5ccc(-c6ccc(C7=NCC(C)(C)O7)cn6)cc5c5ccccc5c4c3)nc2)O1. The van der Waals surface area contributed by atoms with Crippen LogP contribution in [0.2, 0.25) is 0 Å². The van der Waals surface area contributed by atoms with Crippen LogP contribution in [-0.2, 0) is 9.47 Å². The van der Waals surface area contributed by atoms with Crippen LogP contribution in [0.3, 0.4) is 0 Å². The number of ether oxygens (including phenoxy) is 2. The normalized spacial score (nSPS) is 17.0. The number of fused-ring (bicyclic) bond motifs is 6. The molecule has 0 saturated carbocycles. The zero-order valence-corrected chi connectivity index (χ0v) is 25.3. The molecule has 0 radical (unpaired) electrons. The van der Waals surface area contributed by atoms with Crippen molar-refractivity contribution in [1.29, 1.82) is 0 Å². The molecule has 0 amide bonds. The lowest BCUT2D eigenvalue weighted by Crippen LogP contribution is -2.24. The molecule has 6 aromatic rings. The van der Waals surface area contributed by atoms with Gasteiger partial charge in [0.25, 0.3) is 0 Å². The second kappa shape index (κ2) is 9.71. The summed E-state index contributed by atoms with van der Waals surface area (Å²) in [5, 5.41) is 7.26. The summed E-state index contributed by atoms with van der Waals surface area (Å²) in [6, 6.07) is 30.1. The molecule has 0 aliphatic carbocycles. The Morgan fingerprint density at radius 3 is 1.25 bits per heavy atom. The molecule has 0 spiro atoms. The van der Waals surface area contributed by atoms with Crippen molar-refractivity contribution in [3.63, 3.8) is 0 Å². The third-order valence-corrected chi connectivity index (χ3v) is 8.40. The Balaban J connectivity index is 1.17. The van der Waals surface area contributed by atoms with Gasteiger partial charge in [-0.2, -0.15) is 0 Å². The maximum absolute atomic E-state index is 5.99. The Kier molecular flexibility index (Phi) is 5.85. The molecule has 0 unspecified atom stereocenters. The highest BCUT2D eigenvalue weighted by Crippen LogP contribution is 2.38. The van der Waals surface area contributed by atoms with Gasteiger partial charge in [-0.25, -0.2) is 9.98 Å². The zero-order chi connectivity index (χ0) is 30.1. The van der Waals surface area contributed by atoms with E-state index in [1.54, 1.807) is 0 Å². The number of nitrogens with zero attached hydrogens (tertiary/aromatic N) is 4. The topological polar surface area (TPSA) is 69.0 Å². The van der Waals surface area contributed by atoms with Gasteiger partial charge in [-0.3, -0.25) is 9.97 Å². The molecule has 216 valence electrons. The number of hydrogen-bond acceptors (Lipinski definition) is 6. The van der Waals surface area contributed by atoms with E-state index in [1.165, 1.54) is 32.3 Å². The first-order chi connectivity index (χ1) is 21.2. The minimum absolute atomic E-state index is 0.268. The van der Waals surface area contributed by atoms with E-state index in [4.69, 9.17) is 19.4 Å². The van der Waals surface area contributed by atoms with Gasteiger partial charge >= 0.3 is 0 Å². The first kappa shape index (κ1) is 26.5. The summed E-state index contributed by atoms with van der Waals surface area (Å²) in [5.41, 5.74) is 5.25. The van der Waals surface area contributed by atoms with Crippen LogP contribution in [0.4, 0.5) is 0 Å². The largest absolute Gasteiger partial charge is 0.469 e. The summed E-state index contributed by atoms with van der Waals surface area (Å²) in [5.74, 6) is 1.33. The van der Waals surface area contributed by atoms with E-state index in [0.717, 1.165) is 33.6 Å². The molecular formula is C38H32N4O2. The minimum atomic E-state index is -0.268. The van der Waals surface area contributed by atoms with Gasteiger partial charge in [-0.15, -0.1) is 0 Å². The highest BCUT2D eigenvalue weighted by molar-refractivity contribution is 6.26. The molecule has 6 heteroatoms. The first-order valence-corrected chi connectivity index (χ1v) is 15.0. The van der Waals surface area contributed by atoms with Crippen LogP contribution in [0, 0.1) is 0 Å². The lowest BCUT2D eigenvalue weighted by Gasteiger charge is -2.17. The van der Waals surface area contributed by atoms with E-state index in [-0.39, 0.29) is 11.2 Å². The number of aliphatic imine (C=N–C) groups is 2. The van der Waals surface area contributed by atoms with Gasteiger partial charge in [0.1, 0.15) is 11.2 Å². The van der Waals surface area contributed by atoms with Gasteiger partial charge in [0, 0.05) is 23.5 Å². The highest BCUT2D eigenvalue weighted by atomic mass is 16.5. The van der Waals surface area contributed by atoms with Crippen LogP contribution >= 0.6 is 0 Å². The third-order valence-electron chi connectivity index (χ3n) is 8.40. The summed E-state index contributed by atoms with van der Waals surface area (Å²) in [6.07, 6.45) is 3.71. The van der Waals surface area contributed by atoms with E-state index < -0.39 is 0 Å². The summed E-state index contributed by atoms with van der Waals surface area (Å²) in [4.78, 5) is 18.7. The number of aromatic nitrogens is 2. The van der Waals surface area contributed by atoms with Crippen molar-refractivity contribution in [2.75, 3.05) is 13.1 Å². The summed E-state index contributed by atoms with van der Waals surface area (Å²) < 4.78 is 12.0. The molecule has 2 aromatic heterocycles. The Labute approximate surface area is 256 Å². The third kappa shape index (κ3) is 4.58. The van der Waals surface area contributed by atoms with Gasteiger partial charge in [-0.1, -0.05) is 48.5 Å². The smallest absolute Gasteiger partial charge is 0.218 e. The Bertz CT molecular complexity index is 1990. The zero-order valence-electron chi connectivity index (χ0n) is 25.3. The van der Waals surface area contributed by atoms with Crippen molar-refractivity contribution in [3.05, 3.63) is 108 Å². The van der Waals surface area contributed by atoms with Gasteiger partial charge in [0.15, 0.2) is 0 Å². The molecule has 44 heavy (non-hydrogen) atoms. The van der Waals surface area contributed by atoms with Crippen molar-refractivity contribution in [2.24, 2.45) is 9.98 Å². The van der Waals surface area contributed by atoms with Gasteiger partial charge < -0.3 is 9.47 Å². The maximum Gasteiger partial charge on any atom is 0.218 e. The molecule has 0 N–H and O–H groups in total. The average Bonchev–Trinajstić information content (AvgIpc) is 3.61. The van der Waals surface area contributed by atoms with E-state index in [0.29, 0.717) is 24.9 Å². The van der Waals surface area contributed by atoms with E-state index in [2.05, 4.69) is 70.6 Å². The molecule has 0 saturated heterocycles. The standard InChI is InChI=1S/C38H32N4O2/c1-37(2)21-41-35(43-37)25-11-15-33(39-19-25)23-9-13-29-30-14-10-24(18-32(30)28-8-6-5-7-27(28)31(29)17-23)34-16-12-26(20-40-34)36-42-22-38(3,4)44-36/h5-20H,21-22H2,1-4H3. The molecule has 2 aliphatic heterocycles. The highest BCUT2D eigenvalue weighted by Gasteiger charge is 2.29. The lowest BCUT2D eigenvalue weighted by molar-refractivity contribution is 0.131. The van der Waals surface area contributed by atoms with Gasteiger partial charge in [-0.05, 0) is 96.4 Å². The Morgan fingerprint density at radius 2 is 0.886 bits per heavy atom. The van der Waals surface area contributed by atoms with E-state index >= 15 is 0 Å². The molecule has 4 heterocycles. The number of benzene rings is 4. The van der Waals surface area contributed by atoms with Crippen LogP contribution in [-0.4, -0.2) is 46.1 Å². The summed E-state index contributed by atoms with van der Waals surface area (Å²) in [6.45, 7) is 9.51. The maximum atomic E-state index is 5.99. The van der Waals surface area contributed by atoms with Gasteiger partial charge in [0.05, 0.1) is 35.6 Å². The van der Waals surface area contributed by atoms with Crippen LogP contribution in [0.15, 0.2) is 107 Å². The van der Waals surface area contributed by atoms with Crippen LogP contribution in [0.1, 0.15) is 38.8 Å². The predicted octanol–water partition coefficient (Wildman–Crippen LogP) is 8.38. The van der Waals surface area contributed by atoms with Crippen molar-refractivity contribution in [3.8, 4) is 22.5 Å². The van der Waals surface area contributed by atoms with Crippen molar-refractivity contribution < 1.29 is 9.47 Å². The fourth-order valence-corrected chi connectivity index (χ4v) is 6.14. The first-order valence-electron chi connectivity index (χ1n) is 15.0. The summed E-state index contributed by atoms with van der Waals surface area (Å²) >= 11 is 0. The molecule has 0 atom stereocenters. The number of pyridine rings is 2. The van der Waals surface area contributed by atoms with Gasteiger partial charge in [0.2, 0.25) is 11.8 Å². The fraction of sp³-hybridized carbons (Fsp3) is 0.211. The number of rotatable bonds is 4. The second-order valence-corrected chi connectivity index (χ2v) is 12.9. The molecule has 4 aromatic carbocycles. The van der Waals surface area contributed by atoms with Crippen LogP contribution in [0.25, 0.3) is 54.8 Å². The van der Waals surface area contributed by atoms with Crippen LogP contribution in [0.5, 0.6) is 0 Å². The Hall–Kier alpha value is -5.10. The monoisotopic (exact) mass is 576 g/mol. The van der Waals surface area contributed by atoms with Crippen molar-refractivity contribution in [1.82, 2.24) is 9.97 Å². The average molecular weight is 577 g/mol.